The molecular formula is C13H27N3O4S. The Morgan fingerprint density at radius 3 is 2.52 bits per heavy atom. The van der Waals surface area contributed by atoms with Gasteiger partial charge in [-0.25, -0.2) is 9.52 Å². The molecule has 8 heteroatoms. The van der Waals surface area contributed by atoms with Gasteiger partial charge in [0.1, 0.15) is 0 Å². The van der Waals surface area contributed by atoms with E-state index in [0.717, 1.165) is 19.4 Å². The number of ether oxygens (including phenoxy) is 1. The molecule has 0 saturated carbocycles. The van der Waals surface area contributed by atoms with E-state index < -0.39 is 16.3 Å². The average Bonchev–Trinajstić information content (AvgIpc) is 2.78. The predicted molar refractivity (Wildman–Crippen MR) is 81.1 cm³/mol. The van der Waals surface area contributed by atoms with Crippen molar-refractivity contribution in [2.24, 2.45) is 5.92 Å². The Labute approximate surface area is 127 Å². The van der Waals surface area contributed by atoms with E-state index in [1.165, 1.54) is 4.31 Å². The Hall–Kier alpha value is -0.860. The standard InChI is InChI=1S/C13H27N3O4S/c1-10(2)8-16(9-12-6-5-7-14-12)21(18,19)15-13(17)20-11(3)4/h10-12,14H,5-9H2,1-4H3,(H,15,17). The number of hydrogen-bond donors (Lipinski definition) is 2. The number of nitrogens with zero attached hydrogens (tertiary/aromatic N) is 1. The smallest absolute Gasteiger partial charge is 0.422 e. The zero-order chi connectivity index (χ0) is 16.0. The maximum absolute atomic E-state index is 12.3. The molecule has 1 atom stereocenters. The largest absolute Gasteiger partial charge is 0.446 e. The Bertz CT molecular complexity index is 431. The van der Waals surface area contributed by atoms with Crippen molar-refractivity contribution in [2.45, 2.75) is 52.7 Å². The second-order valence-electron chi connectivity index (χ2n) is 6.07. The maximum atomic E-state index is 12.3. The van der Waals surface area contributed by atoms with Crippen molar-refractivity contribution < 1.29 is 17.9 Å². The molecule has 0 aromatic carbocycles. The lowest BCUT2D eigenvalue weighted by molar-refractivity contribution is 0.120. The molecule has 2 N–H and O–H groups in total. The fourth-order valence-corrected chi connectivity index (χ4v) is 3.50. The van der Waals surface area contributed by atoms with Crippen LogP contribution in [0, 0.1) is 5.92 Å². The first kappa shape index (κ1) is 18.2. The molecule has 1 fully saturated rings. The Kier molecular flexibility index (Phi) is 6.89. The van der Waals surface area contributed by atoms with Gasteiger partial charge in [0.2, 0.25) is 0 Å². The number of carbonyl (C=O) groups excluding carboxylic acids is 1. The second kappa shape index (κ2) is 7.95. The molecule has 0 spiro atoms. The minimum atomic E-state index is -3.88. The van der Waals surface area contributed by atoms with E-state index >= 15 is 0 Å². The van der Waals surface area contributed by atoms with Crippen molar-refractivity contribution >= 4 is 16.3 Å². The van der Waals surface area contributed by atoms with Crippen LogP contribution in [-0.4, -0.2) is 50.6 Å². The fourth-order valence-electron chi connectivity index (χ4n) is 2.24. The van der Waals surface area contributed by atoms with Gasteiger partial charge in [0, 0.05) is 19.1 Å². The third-order valence-electron chi connectivity index (χ3n) is 3.05. The van der Waals surface area contributed by atoms with E-state index in [4.69, 9.17) is 4.74 Å². The molecule has 0 radical (unpaired) electrons. The first-order chi connectivity index (χ1) is 9.70. The lowest BCUT2D eigenvalue weighted by atomic mass is 10.2. The van der Waals surface area contributed by atoms with Gasteiger partial charge in [-0.15, -0.1) is 0 Å². The summed E-state index contributed by atoms with van der Waals surface area (Å²) in [7, 11) is -3.88. The summed E-state index contributed by atoms with van der Waals surface area (Å²) in [6, 6.07) is 0.140. The molecule has 7 nitrogen and oxygen atoms in total. The summed E-state index contributed by atoms with van der Waals surface area (Å²) < 4.78 is 32.8. The maximum Gasteiger partial charge on any atom is 0.422 e. The lowest BCUT2D eigenvalue weighted by Crippen LogP contribution is -2.49. The summed E-state index contributed by atoms with van der Waals surface area (Å²) in [5, 5.41) is 3.27. The Morgan fingerprint density at radius 1 is 1.38 bits per heavy atom. The van der Waals surface area contributed by atoms with E-state index in [-0.39, 0.29) is 18.1 Å². The summed E-state index contributed by atoms with van der Waals surface area (Å²) in [6.45, 7) is 8.85. The summed E-state index contributed by atoms with van der Waals surface area (Å²) in [5.41, 5.74) is 0. The molecule has 1 aliphatic rings. The van der Waals surface area contributed by atoms with Crippen LogP contribution >= 0.6 is 0 Å². The molecule has 0 bridgehead atoms. The summed E-state index contributed by atoms with van der Waals surface area (Å²) in [6.07, 6.45) is 0.692. The third-order valence-corrected chi connectivity index (χ3v) is 4.45. The van der Waals surface area contributed by atoms with Gasteiger partial charge in [-0.05, 0) is 39.2 Å². The highest BCUT2D eigenvalue weighted by Crippen LogP contribution is 2.11. The monoisotopic (exact) mass is 321 g/mol. The van der Waals surface area contributed by atoms with Gasteiger partial charge in [-0.1, -0.05) is 13.8 Å². The normalized spacial score (nSPS) is 19.5. The molecule has 1 unspecified atom stereocenters. The zero-order valence-corrected chi connectivity index (χ0v) is 14.1. The summed E-state index contributed by atoms with van der Waals surface area (Å²) in [4.78, 5) is 11.5. The number of rotatable bonds is 7. The highest BCUT2D eigenvalue weighted by molar-refractivity contribution is 7.87. The molecular weight excluding hydrogens is 294 g/mol. The average molecular weight is 321 g/mol. The summed E-state index contributed by atoms with van der Waals surface area (Å²) in [5.74, 6) is 0.170. The van der Waals surface area contributed by atoms with Gasteiger partial charge in [-0.3, -0.25) is 0 Å². The number of carbonyl (C=O) groups is 1. The lowest BCUT2D eigenvalue weighted by Gasteiger charge is -2.26. The molecule has 0 aliphatic carbocycles. The zero-order valence-electron chi connectivity index (χ0n) is 13.3. The van der Waals surface area contributed by atoms with Crippen molar-refractivity contribution in [2.75, 3.05) is 19.6 Å². The summed E-state index contributed by atoms with van der Waals surface area (Å²) >= 11 is 0. The van der Waals surface area contributed by atoms with Gasteiger partial charge in [0.05, 0.1) is 6.10 Å². The first-order valence-corrected chi connectivity index (χ1v) is 8.86. The molecule has 0 aromatic heterocycles. The Balaban J connectivity index is 2.71. The molecule has 1 heterocycles. The van der Waals surface area contributed by atoms with Crippen LogP contribution in [0.2, 0.25) is 0 Å². The highest BCUT2D eigenvalue weighted by atomic mass is 32.2. The van der Waals surface area contributed by atoms with E-state index in [1.54, 1.807) is 13.8 Å². The molecule has 1 amide bonds. The van der Waals surface area contributed by atoms with Crippen LogP contribution in [0.4, 0.5) is 4.79 Å². The third kappa shape index (κ3) is 6.62. The van der Waals surface area contributed by atoms with Gasteiger partial charge >= 0.3 is 16.3 Å². The van der Waals surface area contributed by atoms with E-state index in [0.29, 0.717) is 13.1 Å². The van der Waals surface area contributed by atoms with Crippen molar-refractivity contribution in [3.63, 3.8) is 0 Å². The van der Waals surface area contributed by atoms with Gasteiger partial charge in [0.25, 0.3) is 0 Å². The predicted octanol–water partition coefficient (Wildman–Crippen LogP) is 1.08. The minimum absolute atomic E-state index is 0.140. The fraction of sp³-hybridized carbons (Fsp3) is 0.923. The quantitative estimate of drug-likeness (QED) is 0.732. The number of amides is 1. The van der Waals surface area contributed by atoms with E-state index in [1.807, 2.05) is 18.6 Å². The second-order valence-corrected chi connectivity index (χ2v) is 7.74. The molecule has 21 heavy (non-hydrogen) atoms. The van der Waals surface area contributed by atoms with Gasteiger partial charge in [0.15, 0.2) is 0 Å². The van der Waals surface area contributed by atoms with Crippen LogP contribution in [0.1, 0.15) is 40.5 Å². The SMILES string of the molecule is CC(C)CN(CC1CCCN1)S(=O)(=O)NC(=O)OC(C)C. The molecule has 1 saturated heterocycles. The van der Waals surface area contributed by atoms with E-state index in [9.17, 15) is 13.2 Å². The number of nitrogens with one attached hydrogen (secondary N) is 2. The molecule has 124 valence electrons. The van der Waals surface area contributed by atoms with Gasteiger partial charge in [-0.2, -0.15) is 12.7 Å². The molecule has 1 aliphatic heterocycles. The van der Waals surface area contributed by atoms with Crippen LogP contribution in [0.25, 0.3) is 0 Å². The van der Waals surface area contributed by atoms with Crippen LogP contribution < -0.4 is 10.0 Å². The van der Waals surface area contributed by atoms with Crippen molar-refractivity contribution in [3.8, 4) is 0 Å². The number of hydrogen-bond acceptors (Lipinski definition) is 5. The van der Waals surface area contributed by atoms with Crippen molar-refractivity contribution in [3.05, 3.63) is 0 Å². The van der Waals surface area contributed by atoms with Crippen LogP contribution in [0.15, 0.2) is 0 Å². The topological polar surface area (TPSA) is 87.7 Å². The van der Waals surface area contributed by atoms with Gasteiger partial charge < -0.3 is 10.1 Å². The van der Waals surface area contributed by atoms with Crippen LogP contribution in [0.3, 0.4) is 0 Å². The minimum Gasteiger partial charge on any atom is -0.446 e. The van der Waals surface area contributed by atoms with Crippen molar-refractivity contribution in [1.82, 2.24) is 14.3 Å². The first-order valence-electron chi connectivity index (χ1n) is 7.42. The van der Waals surface area contributed by atoms with Crippen LogP contribution in [0.5, 0.6) is 0 Å². The van der Waals surface area contributed by atoms with Crippen molar-refractivity contribution in [1.29, 1.82) is 0 Å². The highest BCUT2D eigenvalue weighted by Gasteiger charge is 2.29. The van der Waals surface area contributed by atoms with Crippen LogP contribution in [-0.2, 0) is 14.9 Å². The Morgan fingerprint density at radius 2 is 2.05 bits per heavy atom. The van der Waals surface area contributed by atoms with E-state index in [2.05, 4.69) is 5.32 Å². The molecule has 1 rings (SSSR count). The molecule has 0 aromatic rings.